The molecule has 2 aliphatic heterocycles. The molecule has 0 aliphatic carbocycles. The van der Waals surface area contributed by atoms with E-state index in [4.69, 9.17) is 9.47 Å². The Balaban J connectivity index is 1.20. The van der Waals surface area contributed by atoms with Crippen LogP contribution in [0.3, 0.4) is 0 Å². The minimum atomic E-state index is -0.622. The van der Waals surface area contributed by atoms with Gasteiger partial charge in [0.2, 0.25) is 17.7 Å². The molecule has 4 aromatic rings. The van der Waals surface area contributed by atoms with Crippen molar-refractivity contribution in [3.63, 3.8) is 0 Å². The number of pyridine rings is 2. The second kappa shape index (κ2) is 11.6. The molecule has 0 saturated carbocycles. The monoisotopic (exact) mass is 575 g/mol. The predicted octanol–water partition coefficient (Wildman–Crippen LogP) is 3.89. The van der Waals surface area contributed by atoms with E-state index in [0.29, 0.717) is 36.2 Å². The highest BCUT2D eigenvalue weighted by atomic mass is 19.1. The lowest BCUT2D eigenvalue weighted by Gasteiger charge is -2.40. The van der Waals surface area contributed by atoms with E-state index in [1.54, 1.807) is 23.2 Å². The smallest absolute Gasteiger partial charge is 0.242 e. The molecule has 0 aromatic carbocycles. The summed E-state index contributed by atoms with van der Waals surface area (Å²) in [5, 5.41) is 3.03. The van der Waals surface area contributed by atoms with Crippen molar-refractivity contribution in [3.8, 4) is 17.3 Å². The fourth-order valence-corrected chi connectivity index (χ4v) is 5.76. The van der Waals surface area contributed by atoms with E-state index >= 15 is 4.39 Å². The van der Waals surface area contributed by atoms with E-state index in [1.165, 1.54) is 7.11 Å². The highest BCUT2D eigenvalue weighted by Crippen LogP contribution is 2.32. The number of carbonyl (C=O) groups excluding carboxylic acids is 1. The Kier molecular flexibility index (Phi) is 7.69. The zero-order chi connectivity index (χ0) is 29.4. The molecule has 1 amide bonds. The molecule has 6 heterocycles. The van der Waals surface area contributed by atoms with Crippen molar-refractivity contribution in [2.75, 3.05) is 50.2 Å². The Morgan fingerprint density at radius 2 is 1.90 bits per heavy atom. The maximum atomic E-state index is 15.0. The van der Waals surface area contributed by atoms with Crippen molar-refractivity contribution in [1.29, 1.82) is 0 Å². The third-order valence-electron chi connectivity index (χ3n) is 7.78. The molecule has 2 saturated heterocycles. The van der Waals surface area contributed by atoms with Crippen LogP contribution in [0.4, 0.5) is 21.8 Å². The van der Waals surface area contributed by atoms with E-state index < -0.39 is 5.82 Å². The summed E-state index contributed by atoms with van der Waals surface area (Å²) in [4.78, 5) is 39.0. The lowest BCUT2D eigenvalue weighted by Crippen LogP contribution is -2.54. The zero-order valence-electron chi connectivity index (χ0n) is 24.2. The number of hydrogen-bond donors (Lipinski definition) is 1. The van der Waals surface area contributed by atoms with Crippen molar-refractivity contribution in [3.05, 3.63) is 42.2 Å². The van der Waals surface area contributed by atoms with Gasteiger partial charge in [-0.25, -0.2) is 29.3 Å². The molecule has 1 N–H and O–H groups in total. The van der Waals surface area contributed by atoms with Crippen LogP contribution in [0.2, 0.25) is 0 Å². The highest BCUT2D eigenvalue weighted by molar-refractivity contribution is 5.95. The number of rotatable bonds is 7. The number of carbonyl (C=O) groups is 1. The number of imidazole rings is 1. The fraction of sp³-hybridized carbons (Fsp3) is 0.448. The summed E-state index contributed by atoms with van der Waals surface area (Å²) in [5.41, 5.74) is 2.42. The number of aryl methyl sites for hydroxylation is 1. The largest absolute Gasteiger partial charge is 0.479 e. The Labute approximate surface area is 242 Å². The molecular formula is C29H34FN9O3. The number of aromatic nitrogens is 6. The Morgan fingerprint density at radius 1 is 1.10 bits per heavy atom. The van der Waals surface area contributed by atoms with Gasteiger partial charge in [-0.2, -0.15) is 0 Å². The van der Waals surface area contributed by atoms with Crippen LogP contribution in [0.1, 0.15) is 38.6 Å². The number of methoxy groups -OCH3 is 1. The fourth-order valence-electron chi connectivity index (χ4n) is 5.76. The van der Waals surface area contributed by atoms with Gasteiger partial charge in [-0.15, -0.1) is 0 Å². The van der Waals surface area contributed by atoms with E-state index in [-0.39, 0.29) is 29.5 Å². The molecule has 220 valence electrons. The average molecular weight is 576 g/mol. The molecule has 13 heteroatoms. The first-order chi connectivity index (χ1) is 20.3. The van der Waals surface area contributed by atoms with Crippen LogP contribution in [0.15, 0.2) is 30.6 Å². The topological polar surface area (TPSA) is 123 Å². The Bertz CT molecular complexity index is 1600. The Morgan fingerprint density at radius 3 is 2.60 bits per heavy atom. The van der Waals surface area contributed by atoms with Crippen LogP contribution in [0.25, 0.3) is 22.4 Å². The van der Waals surface area contributed by atoms with Gasteiger partial charge in [0.05, 0.1) is 42.9 Å². The molecule has 2 fully saturated rings. The van der Waals surface area contributed by atoms with Gasteiger partial charge < -0.3 is 24.3 Å². The third kappa shape index (κ3) is 5.37. The summed E-state index contributed by atoms with van der Waals surface area (Å²) < 4.78 is 28.0. The number of ether oxygens (including phenoxy) is 2. The first kappa shape index (κ1) is 27.9. The number of amides is 1. The van der Waals surface area contributed by atoms with E-state index in [1.807, 2.05) is 17.6 Å². The molecule has 0 atom stereocenters. The second-order valence-corrected chi connectivity index (χ2v) is 10.8. The lowest BCUT2D eigenvalue weighted by molar-refractivity contribution is -0.122. The molecule has 12 nitrogen and oxygen atoms in total. The summed E-state index contributed by atoms with van der Waals surface area (Å²) in [7, 11) is 1.51. The minimum absolute atomic E-state index is 0.0199. The SMILES string of the molecule is COc1nc(-c2nc(Nc3ccc(N4CCN(C5CCOCC5)CC4=O)cn3)ncc2F)cc2c1nc(C)n2C(C)C. The number of fused-ring (bicyclic) bond motifs is 1. The standard InChI is InChI=1S/C29H34FN9O3/c1-17(2)39-18(3)33-27-23(39)13-22(34-28(27)41-4)26-21(30)15-32-29(36-26)35-24-6-5-20(14-31-24)38-10-9-37(16-25(38)40)19-7-11-42-12-8-19/h5-6,13-15,17,19H,7-12,16H2,1-4H3,(H,31,32,35,36). The van der Waals surface area contributed by atoms with Crippen LogP contribution in [-0.4, -0.2) is 86.3 Å². The lowest BCUT2D eigenvalue weighted by atomic mass is 10.1. The average Bonchev–Trinajstić information content (AvgIpc) is 3.34. The molecule has 0 spiro atoms. The summed E-state index contributed by atoms with van der Waals surface area (Å²) in [6.07, 6.45) is 4.66. The van der Waals surface area contributed by atoms with Crippen molar-refractivity contribution in [2.45, 2.75) is 45.7 Å². The van der Waals surface area contributed by atoms with Crippen LogP contribution in [0.5, 0.6) is 5.88 Å². The highest BCUT2D eigenvalue weighted by Gasteiger charge is 2.30. The number of halogens is 1. The van der Waals surface area contributed by atoms with Gasteiger partial charge in [0.25, 0.3) is 0 Å². The molecule has 0 radical (unpaired) electrons. The minimum Gasteiger partial charge on any atom is -0.479 e. The quantitative estimate of drug-likeness (QED) is 0.347. The van der Waals surface area contributed by atoms with Gasteiger partial charge in [0.1, 0.15) is 17.3 Å². The van der Waals surface area contributed by atoms with Crippen molar-refractivity contribution in [1.82, 2.24) is 34.4 Å². The number of nitrogens with one attached hydrogen (secondary N) is 1. The second-order valence-electron chi connectivity index (χ2n) is 10.8. The molecule has 0 unspecified atom stereocenters. The normalized spacial score (nSPS) is 16.9. The van der Waals surface area contributed by atoms with E-state index in [0.717, 1.165) is 55.8 Å². The van der Waals surface area contributed by atoms with Crippen molar-refractivity contribution in [2.24, 2.45) is 0 Å². The van der Waals surface area contributed by atoms with Crippen LogP contribution < -0.4 is 15.0 Å². The molecular weight excluding hydrogens is 541 g/mol. The van der Waals surface area contributed by atoms with Gasteiger partial charge in [0.15, 0.2) is 11.3 Å². The van der Waals surface area contributed by atoms with Gasteiger partial charge in [0, 0.05) is 38.4 Å². The summed E-state index contributed by atoms with van der Waals surface area (Å²) in [5.74, 6) is 1.14. The van der Waals surface area contributed by atoms with Crippen LogP contribution in [0, 0.1) is 12.7 Å². The maximum Gasteiger partial charge on any atom is 0.242 e. The molecule has 0 bridgehead atoms. The molecule has 2 aliphatic rings. The molecule has 6 rings (SSSR count). The van der Waals surface area contributed by atoms with E-state index in [2.05, 4.69) is 49.0 Å². The molecule has 4 aromatic heterocycles. The number of anilines is 3. The summed E-state index contributed by atoms with van der Waals surface area (Å²) in [6.45, 7) is 9.31. The van der Waals surface area contributed by atoms with Gasteiger partial charge >= 0.3 is 0 Å². The van der Waals surface area contributed by atoms with Gasteiger partial charge in [-0.3, -0.25) is 9.69 Å². The maximum absolute atomic E-state index is 15.0. The first-order valence-corrected chi connectivity index (χ1v) is 14.1. The van der Waals surface area contributed by atoms with Gasteiger partial charge in [-0.1, -0.05) is 0 Å². The van der Waals surface area contributed by atoms with Crippen LogP contribution in [-0.2, 0) is 9.53 Å². The molecule has 42 heavy (non-hydrogen) atoms. The number of nitrogens with zero attached hydrogens (tertiary/aromatic N) is 8. The summed E-state index contributed by atoms with van der Waals surface area (Å²) in [6, 6.07) is 5.87. The van der Waals surface area contributed by atoms with Crippen LogP contribution >= 0.6 is 0 Å². The van der Waals surface area contributed by atoms with E-state index in [9.17, 15) is 4.79 Å². The zero-order valence-corrected chi connectivity index (χ0v) is 24.2. The van der Waals surface area contributed by atoms with Crippen molar-refractivity contribution >= 4 is 34.4 Å². The Hall–Kier alpha value is -4.23. The first-order valence-electron chi connectivity index (χ1n) is 14.1. The number of hydrogen-bond acceptors (Lipinski definition) is 10. The predicted molar refractivity (Wildman–Crippen MR) is 155 cm³/mol. The van der Waals surface area contributed by atoms with Crippen molar-refractivity contribution < 1.29 is 18.7 Å². The summed E-state index contributed by atoms with van der Waals surface area (Å²) >= 11 is 0. The third-order valence-corrected chi connectivity index (χ3v) is 7.78. The van der Waals surface area contributed by atoms with Gasteiger partial charge in [-0.05, 0) is 51.8 Å². The number of piperazine rings is 1.